The van der Waals surface area contributed by atoms with Crippen molar-refractivity contribution in [2.24, 2.45) is 0 Å². The van der Waals surface area contributed by atoms with Crippen LogP contribution in [-0.2, 0) is 9.84 Å². The summed E-state index contributed by atoms with van der Waals surface area (Å²) >= 11 is 2.18. The zero-order valence-corrected chi connectivity index (χ0v) is 17.8. The Balaban J connectivity index is 1.60. The molecule has 2 aliphatic heterocycles. The molecule has 0 spiro atoms. The van der Waals surface area contributed by atoms with E-state index in [2.05, 4.69) is 38.2 Å². The molecule has 6 nitrogen and oxygen atoms in total. The molecular weight excluding hydrogens is 484 g/mol. The average molecular weight is 503 g/mol. The third-order valence-corrected chi connectivity index (χ3v) is 6.94. The molecule has 3 heterocycles. The minimum Gasteiger partial charge on any atom is -0.487 e. The van der Waals surface area contributed by atoms with E-state index < -0.39 is 15.7 Å². The second-order valence-electron chi connectivity index (χ2n) is 7.05. The van der Waals surface area contributed by atoms with Crippen molar-refractivity contribution in [3.8, 4) is 5.75 Å². The van der Waals surface area contributed by atoms with Gasteiger partial charge < -0.3 is 15.4 Å². The number of nitrogens with zero attached hydrogens (tertiary/aromatic N) is 1. The van der Waals surface area contributed by atoms with Crippen LogP contribution in [-0.4, -0.2) is 37.8 Å². The van der Waals surface area contributed by atoms with Gasteiger partial charge in [0.05, 0.1) is 14.2 Å². The van der Waals surface area contributed by atoms with Gasteiger partial charge in [0, 0.05) is 36.5 Å². The fraction of sp³-hybridized carbons (Fsp3) is 0.389. The molecule has 1 aromatic carbocycles. The van der Waals surface area contributed by atoms with Gasteiger partial charge in [-0.15, -0.1) is 0 Å². The highest BCUT2D eigenvalue weighted by atomic mass is 127. The fourth-order valence-corrected chi connectivity index (χ4v) is 4.83. The second-order valence-corrected chi connectivity index (χ2v) is 10.2. The van der Waals surface area contributed by atoms with Crippen molar-refractivity contribution >= 4 is 43.9 Å². The highest BCUT2D eigenvalue weighted by Crippen LogP contribution is 2.37. The minimum absolute atomic E-state index is 0.0606. The number of hydrogen-bond acceptors (Lipinski definition) is 6. The number of fused-ring (bicyclic) bond motifs is 1. The molecule has 3 aliphatic rings. The van der Waals surface area contributed by atoms with Gasteiger partial charge in [-0.2, -0.15) is 0 Å². The predicted molar refractivity (Wildman–Crippen MR) is 109 cm³/mol. The Morgan fingerprint density at radius 1 is 1.37 bits per heavy atom. The van der Waals surface area contributed by atoms with Crippen molar-refractivity contribution in [1.82, 2.24) is 10.3 Å². The smallest absolute Gasteiger partial charge is 0.175 e. The number of nitrogens with one attached hydrogen (secondary N) is 2. The van der Waals surface area contributed by atoms with Crippen LogP contribution in [0.4, 0.5) is 15.9 Å². The maximum atomic E-state index is 14.4. The van der Waals surface area contributed by atoms with E-state index in [4.69, 9.17) is 4.74 Å². The molecule has 2 N–H and O–H groups in total. The molecule has 5 rings (SSSR count). The summed E-state index contributed by atoms with van der Waals surface area (Å²) in [5.74, 6) is 0.580. The maximum Gasteiger partial charge on any atom is 0.175 e. The third kappa shape index (κ3) is 3.64. The zero-order valence-electron chi connectivity index (χ0n) is 14.8. The van der Waals surface area contributed by atoms with Crippen LogP contribution in [0.3, 0.4) is 0 Å². The largest absolute Gasteiger partial charge is 0.487 e. The Labute approximate surface area is 171 Å². The Bertz CT molecular complexity index is 1010. The number of aromatic nitrogens is 1. The number of rotatable bonds is 5. The molecule has 2 bridgehead atoms. The van der Waals surface area contributed by atoms with Gasteiger partial charge in [-0.3, -0.25) is 0 Å². The van der Waals surface area contributed by atoms with Crippen molar-refractivity contribution in [3.05, 3.63) is 39.3 Å². The molecule has 1 saturated carbocycles. The first-order chi connectivity index (χ1) is 12.7. The lowest BCUT2D eigenvalue weighted by molar-refractivity contribution is 0.184. The molecule has 2 aromatic rings. The van der Waals surface area contributed by atoms with Crippen molar-refractivity contribution in [2.45, 2.75) is 42.8 Å². The van der Waals surface area contributed by atoms with Crippen molar-refractivity contribution in [1.29, 1.82) is 0 Å². The molecule has 1 aromatic heterocycles. The van der Waals surface area contributed by atoms with Gasteiger partial charge >= 0.3 is 0 Å². The number of ether oxygens (including phenoxy) is 1. The summed E-state index contributed by atoms with van der Waals surface area (Å²) in [5, 5.41) is 6.40. The third-order valence-electron chi connectivity index (χ3n) is 5.06. The number of benzene rings is 1. The monoisotopic (exact) mass is 503 g/mol. The van der Waals surface area contributed by atoms with Gasteiger partial charge in [-0.1, -0.05) is 0 Å². The molecule has 3 unspecified atom stereocenters. The van der Waals surface area contributed by atoms with Crippen LogP contribution in [0, 0.1) is 16.3 Å². The lowest BCUT2D eigenvalue weighted by atomic mass is 10.1. The van der Waals surface area contributed by atoms with E-state index >= 15 is 0 Å². The van der Waals surface area contributed by atoms with E-state index in [1.54, 1.807) is 6.20 Å². The molecule has 1 aliphatic carbocycles. The minimum atomic E-state index is -3.46. The summed E-state index contributed by atoms with van der Waals surface area (Å²) in [6.07, 6.45) is 5.01. The van der Waals surface area contributed by atoms with Gasteiger partial charge in [0.15, 0.2) is 9.84 Å². The lowest BCUT2D eigenvalue weighted by Crippen LogP contribution is -2.47. The highest BCUT2D eigenvalue weighted by molar-refractivity contribution is 14.1. The molecule has 144 valence electrons. The summed E-state index contributed by atoms with van der Waals surface area (Å²) in [7, 11) is -3.46. The van der Waals surface area contributed by atoms with E-state index in [0.29, 0.717) is 17.9 Å². The zero-order chi connectivity index (χ0) is 19.3. The SMILES string of the molecule is Cc1c(Nc2ccc(S(C)(=O)=O)cc2F)ncc(I)c1OC1CC2CC1N2. The standard InChI is InChI=1S/C18H19FIN3O3S/c1-9-17(26-16-6-10-5-15(16)22-10)13(20)8-21-18(9)23-14-4-3-11(7-12(14)19)27(2,24)25/h3-4,7-8,10,15-16,22H,5-6H2,1-2H3,(H,21,23). The normalized spacial score (nSPS) is 23.8. The maximum absolute atomic E-state index is 14.4. The lowest BCUT2D eigenvalue weighted by Gasteiger charge is -2.27. The van der Waals surface area contributed by atoms with E-state index in [9.17, 15) is 12.8 Å². The molecule has 3 atom stereocenters. The average Bonchev–Trinajstić information content (AvgIpc) is 3.14. The van der Waals surface area contributed by atoms with Gasteiger partial charge in [0.1, 0.15) is 23.5 Å². The molecule has 0 amide bonds. The molecule has 9 heteroatoms. The van der Waals surface area contributed by atoms with Crippen LogP contribution in [0.5, 0.6) is 5.75 Å². The van der Waals surface area contributed by atoms with E-state index in [1.165, 1.54) is 12.1 Å². The van der Waals surface area contributed by atoms with Gasteiger partial charge in [-0.05, 0) is 54.1 Å². The molecule has 2 saturated heterocycles. The molecule has 27 heavy (non-hydrogen) atoms. The van der Waals surface area contributed by atoms with Gasteiger partial charge in [0.2, 0.25) is 0 Å². The Morgan fingerprint density at radius 2 is 2.11 bits per heavy atom. The number of hydrogen-bond donors (Lipinski definition) is 2. The summed E-state index contributed by atoms with van der Waals surface area (Å²) in [4.78, 5) is 4.29. The summed E-state index contributed by atoms with van der Waals surface area (Å²) in [6, 6.07) is 4.74. The molecular formula is C18H19FIN3O3S. The van der Waals surface area contributed by atoms with Crippen molar-refractivity contribution < 1.29 is 17.5 Å². The van der Waals surface area contributed by atoms with Crippen LogP contribution in [0.25, 0.3) is 0 Å². The summed E-state index contributed by atoms with van der Waals surface area (Å²) in [5.41, 5.74) is 0.951. The highest BCUT2D eigenvalue weighted by Gasteiger charge is 2.45. The first-order valence-corrected chi connectivity index (χ1v) is 11.5. The number of sulfone groups is 1. The summed E-state index contributed by atoms with van der Waals surface area (Å²) in [6.45, 7) is 1.88. The van der Waals surface area contributed by atoms with Crippen molar-refractivity contribution in [3.63, 3.8) is 0 Å². The Morgan fingerprint density at radius 3 is 2.70 bits per heavy atom. The Kier molecular flexibility index (Phi) is 4.79. The van der Waals surface area contributed by atoms with Crippen LogP contribution in [0.2, 0.25) is 0 Å². The first kappa shape index (κ1) is 18.9. The van der Waals surface area contributed by atoms with E-state index in [0.717, 1.165) is 40.0 Å². The van der Waals surface area contributed by atoms with Crippen molar-refractivity contribution in [2.75, 3.05) is 11.6 Å². The van der Waals surface area contributed by atoms with E-state index in [-0.39, 0.29) is 16.7 Å². The van der Waals surface area contributed by atoms with E-state index in [1.807, 2.05) is 6.92 Å². The number of pyridine rings is 1. The number of anilines is 2. The molecule has 3 fully saturated rings. The van der Waals surface area contributed by atoms with Crippen LogP contribution in [0.15, 0.2) is 29.3 Å². The number of halogens is 2. The first-order valence-electron chi connectivity index (χ1n) is 8.57. The van der Waals surface area contributed by atoms with Gasteiger partial charge in [0.25, 0.3) is 0 Å². The van der Waals surface area contributed by atoms with Crippen LogP contribution in [0.1, 0.15) is 18.4 Å². The fourth-order valence-electron chi connectivity index (χ4n) is 3.52. The van der Waals surface area contributed by atoms with Crippen LogP contribution < -0.4 is 15.4 Å². The molecule has 0 radical (unpaired) electrons. The second kappa shape index (κ2) is 6.85. The Hall–Kier alpha value is -1.46. The van der Waals surface area contributed by atoms with Gasteiger partial charge in [-0.25, -0.2) is 17.8 Å². The summed E-state index contributed by atoms with van der Waals surface area (Å²) < 4.78 is 44.6. The van der Waals surface area contributed by atoms with Crippen LogP contribution >= 0.6 is 22.6 Å². The topological polar surface area (TPSA) is 80.3 Å². The quantitative estimate of drug-likeness (QED) is 0.611. The predicted octanol–water partition coefficient (Wildman–Crippen LogP) is 3.16.